The van der Waals surface area contributed by atoms with E-state index in [1.165, 1.54) is 11.3 Å². The van der Waals surface area contributed by atoms with Crippen molar-refractivity contribution in [2.45, 2.75) is 43.9 Å². The Labute approximate surface area is 167 Å². The molecule has 0 atom stereocenters. The summed E-state index contributed by atoms with van der Waals surface area (Å²) in [5.41, 5.74) is 2.04. The summed E-state index contributed by atoms with van der Waals surface area (Å²) < 4.78 is 0. The van der Waals surface area contributed by atoms with Crippen LogP contribution in [0.15, 0.2) is 29.2 Å². The van der Waals surface area contributed by atoms with Gasteiger partial charge >= 0.3 is 0 Å². The van der Waals surface area contributed by atoms with Gasteiger partial charge in [0.25, 0.3) is 5.91 Å². The summed E-state index contributed by atoms with van der Waals surface area (Å²) in [5, 5.41) is 13.5. The molecule has 0 saturated carbocycles. The predicted molar refractivity (Wildman–Crippen MR) is 109 cm³/mol. The molecule has 0 radical (unpaired) electrons. The molecule has 0 saturated heterocycles. The quantitative estimate of drug-likeness (QED) is 0.779. The van der Waals surface area contributed by atoms with Gasteiger partial charge in [-0.2, -0.15) is 5.26 Å². The third-order valence-corrected chi connectivity index (χ3v) is 6.48. The zero-order valence-electron chi connectivity index (χ0n) is 15.5. The summed E-state index contributed by atoms with van der Waals surface area (Å²) in [6.07, 6.45) is 0.644. The molecule has 0 spiro atoms. The minimum Gasteiger partial charge on any atom is -0.337 e. The molecule has 1 aromatic carbocycles. The number of anilines is 1. The molecule has 1 aliphatic heterocycles. The molecular weight excluding hydrogens is 378 g/mol. The lowest BCUT2D eigenvalue weighted by Crippen LogP contribution is -2.33. The average Bonchev–Trinajstić information content (AvgIpc) is 2.97. The van der Waals surface area contributed by atoms with Crippen molar-refractivity contribution in [2.75, 3.05) is 11.9 Å². The number of thiophene rings is 1. The SMILES string of the molecule is CC(=O)N1CCc2c(sc(NC(=O)c3ccc(SC(C)C)cc3)c2C#N)C1. The van der Waals surface area contributed by atoms with Gasteiger partial charge in [-0.1, -0.05) is 13.8 Å². The Kier molecular flexibility index (Phi) is 5.88. The molecule has 0 unspecified atom stereocenters. The van der Waals surface area contributed by atoms with Crippen LogP contribution in [0.1, 0.15) is 47.1 Å². The van der Waals surface area contributed by atoms with Crippen LogP contribution in [-0.2, 0) is 17.8 Å². The lowest BCUT2D eigenvalue weighted by atomic mass is 10.0. The molecule has 140 valence electrons. The minimum absolute atomic E-state index is 0.0255. The Balaban J connectivity index is 1.78. The molecule has 1 aliphatic rings. The second-order valence-corrected chi connectivity index (χ2v) is 9.41. The first-order valence-corrected chi connectivity index (χ1v) is 10.5. The van der Waals surface area contributed by atoms with Crippen molar-refractivity contribution < 1.29 is 9.59 Å². The molecule has 27 heavy (non-hydrogen) atoms. The van der Waals surface area contributed by atoms with Gasteiger partial charge in [0.2, 0.25) is 5.91 Å². The highest BCUT2D eigenvalue weighted by atomic mass is 32.2. The van der Waals surface area contributed by atoms with Crippen molar-refractivity contribution in [3.63, 3.8) is 0 Å². The number of carbonyl (C=O) groups excluding carboxylic acids is 2. The number of hydrogen-bond acceptors (Lipinski definition) is 5. The van der Waals surface area contributed by atoms with Crippen LogP contribution >= 0.6 is 23.1 Å². The van der Waals surface area contributed by atoms with Crippen LogP contribution in [0.4, 0.5) is 5.00 Å². The fraction of sp³-hybridized carbons (Fsp3) is 0.350. The molecule has 0 bridgehead atoms. The van der Waals surface area contributed by atoms with Gasteiger partial charge in [0.1, 0.15) is 11.1 Å². The first-order chi connectivity index (χ1) is 12.9. The van der Waals surface area contributed by atoms with E-state index < -0.39 is 0 Å². The molecule has 5 nitrogen and oxygen atoms in total. The fourth-order valence-corrected chi connectivity index (χ4v) is 5.06. The second kappa shape index (κ2) is 8.15. The van der Waals surface area contributed by atoms with E-state index in [4.69, 9.17) is 0 Å². The molecule has 7 heteroatoms. The van der Waals surface area contributed by atoms with E-state index in [9.17, 15) is 14.9 Å². The number of nitrogens with one attached hydrogen (secondary N) is 1. The molecule has 3 rings (SSSR count). The van der Waals surface area contributed by atoms with Gasteiger partial charge in [0.05, 0.1) is 12.1 Å². The highest BCUT2D eigenvalue weighted by Crippen LogP contribution is 2.37. The second-order valence-electron chi connectivity index (χ2n) is 6.66. The van der Waals surface area contributed by atoms with Gasteiger partial charge in [-0.05, 0) is 36.2 Å². The van der Waals surface area contributed by atoms with Crippen molar-refractivity contribution in [2.24, 2.45) is 0 Å². The van der Waals surface area contributed by atoms with Crippen molar-refractivity contribution in [3.8, 4) is 6.07 Å². The van der Waals surface area contributed by atoms with E-state index in [2.05, 4.69) is 25.2 Å². The maximum Gasteiger partial charge on any atom is 0.256 e. The third-order valence-electron chi connectivity index (χ3n) is 4.33. The van der Waals surface area contributed by atoms with Crippen LogP contribution in [0, 0.1) is 11.3 Å². The van der Waals surface area contributed by atoms with Crippen LogP contribution in [-0.4, -0.2) is 28.5 Å². The van der Waals surface area contributed by atoms with Gasteiger partial charge in [0, 0.05) is 34.1 Å². The normalized spacial score (nSPS) is 13.2. The van der Waals surface area contributed by atoms with Crippen molar-refractivity contribution >= 4 is 39.9 Å². The molecule has 2 heterocycles. The van der Waals surface area contributed by atoms with E-state index in [0.29, 0.717) is 40.9 Å². The summed E-state index contributed by atoms with van der Waals surface area (Å²) in [5.74, 6) is -0.202. The van der Waals surface area contributed by atoms with E-state index in [-0.39, 0.29) is 11.8 Å². The van der Waals surface area contributed by atoms with Gasteiger partial charge in [0.15, 0.2) is 0 Å². The zero-order chi connectivity index (χ0) is 19.6. The number of amides is 2. The van der Waals surface area contributed by atoms with Crippen LogP contribution in [0.2, 0.25) is 0 Å². The van der Waals surface area contributed by atoms with E-state index in [1.807, 2.05) is 12.1 Å². The van der Waals surface area contributed by atoms with Crippen LogP contribution < -0.4 is 5.32 Å². The van der Waals surface area contributed by atoms with Crippen molar-refractivity contribution in [3.05, 3.63) is 45.8 Å². The molecular formula is C20H21N3O2S2. The Bertz CT molecular complexity index is 911. The Morgan fingerprint density at radius 2 is 2.00 bits per heavy atom. The summed E-state index contributed by atoms with van der Waals surface area (Å²) in [6, 6.07) is 9.71. The third kappa shape index (κ3) is 4.34. The van der Waals surface area contributed by atoms with E-state index in [0.717, 1.165) is 15.3 Å². The summed E-state index contributed by atoms with van der Waals surface area (Å²) in [6.45, 7) is 6.91. The van der Waals surface area contributed by atoms with Gasteiger partial charge in [-0.3, -0.25) is 9.59 Å². The zero-order valence-corrected chi connectivity index (χ0v) is 17.2. The average molecular weight is 400 g/mol. The first kappa shape index (κ1) is 19.5. The Morgan fingerprint density at radius 3 is 2.59 bits per heavy atom. The number of hydrogen-bond donors (Lipinski definition) is 1. The van der Waals surface area contributed by atoms with Crippen molar-refractivity contribution in [1.82, 2.24) is 4.90 Å². The maximum atomic E-state index is 12.6. The smallest absolute Gasteiger partial charge is 0.256 e. The standard InChI is InChI=1S/C20H21N3O2S2/c1-12(2)26-15-6-4-14(5-7-15)19(25)22-20-17(10-21)16-8-9-23(13(3)24)11-18(16)27-20/h4-7,12H,8-9,11H2,1-3H3,(H,22,25). The Hall–Kier alpha value is -2.30. The highest BCUT2D eigenvalue weighted by molar-refractivity contribution is 7.99. The number of rotatable bonds is 4. The fourth-order valence-electron chi connectivity index (χ4n) is 3.01. The summed E-state index contributed by atoms with van der Waals surface area (Å²) >= 11 is 3.13. The highest BCUT2D eigenvalue weighted by Gasteiger charge is 2.26. The van der Waals surface area contributed by atoms with Gasteiger partial charge in [-0.15, -0.1) is 23.1 Å². The predicted octanol–water partition coefficient (Wildman–Crippen LogP) is 4.28. The number of carbonyl (C=O) groups is 2. The summed E-state index contributed by atoms with van der Waals surface area (Å²) in [7, 11) is 0. The van der Waals surface area contributed by atoms with Gasteiger partial charge in [-0.25, -0.2) is 0 Å². The van der Waals surface area contributed by atoms with Crippen LogP contribution in [0.25, 0.3) is 0 Å². The lowest BCUT2D eigenvalue weighted by molar-refractivity contribution is -0.129. The topological polar surface area (TPSA) is 73.2 Å². The van der Waals surface area contributed by atoms with E-state index >= 15 is 0 Å². The first-order valence-electron chi connectivity index (χ1n) is 8.77. The van der Waals surface area contributed by atoms with Crippen molar-refractivity contribution in [1.29, 1.82) is 5.26 Å². The van der Waals surface area contributed by atoms with Gasteiger partial charge < -0.3 is 10.2 Å². The Morgan fingerprint density at radius 1 is 1.30 bits per heavy atom. The maximum absolute atomic E-state index is 12.6. The minimum atomic E-state index is -0.227. The summed E-state index contributed by atoms with van der Waals surface area (Å²) in [4.78, 5) is 28.1. The molecule has 2 amide bonds. The van der Waals surface area contributed by atoms with Crippen LogP contribution in [0.5, 0.6) is 0 Å². The monoisotopic (exact) mass is 399 g/mol. The largest absolute Gasteiger partial charge is 0.337 e. The molecule has 1 aromatic heterocycles. The molecule has 0 aliphatic carbocycles. The molecule has 2 aromatic rings. The number of nitriles is 1. The number of thioether (sulfide) groups is 1. The molecule has 0 fully saturated rings. The number of benzene rings is 1. The van der Waals surface area contributed by atoms with Crippen LogP contribution in [0.3, 0.4) is 0 Å². The number of fused-ring (bicyclic) bond motifs is 1. The molecule has 1 N–H and O–H groups in total. The number of nitrogens with zero attached hydrogens (tertiary/aromatic N) is 2. The lowest BCUT2D eigenvalue weighted by Gasteiger charge is -2.25. The van der Waals surface area contributed by atoms with E-state index in [1.54, 1.807) is 35.7 Å².